The first-order valence-corrected chi connectivity index (χ1v) is 9.44. The molecule has 2 unspecified atom stereocenters. The molecule has 0 bridgehead atoms. The van der Waals surface area contributed by atoms with Crippen LogP contribution in [-0.4, -0.2) is 42.4 Å². The topological polar surface area (TPSA) is 61.4 Å². The number of hydrogen-bond acceptors (Lipinski definition) is 3. The van der Waals surface area contributed by atoms with Crippen molar-refractivity contribution in [2.24, 2.45) is 5.92 Å². The van der Waals surface area contributed by atoms with E-state index in [0.29, 0.717) is 19.5 Å². The Kier molecular flexibility index (Phi) is 9.66. The van der Waals surface area contributed by atoms with E-state index in [9.17, 15) is 9.59 Å². The normalized spacial score (nSPS) is 17.0. The molecular weight excluding hydrogens is 350 g/mol. The van der Waals surface area contributed by atoms with Crippen LogP contribution in [0.25, 0.3) is 0 Å². The van der Waals surface area contributed by atoms with Crippen molar-refractivity contribution in [2.75, 3.05) is 19.6 Å². The van der Waals surface area contributed by atoms with Crippen LogP contribution in [0.3, 0.4) is 0 Å². The van der Waals surface area contributed by atoms with Crippen molar-refractivity contribution < 1.29 is 9.59 Å². The van der Waals surface area contributed by atoms with Gasteiger partial charge in [0, 0.05) is 32.0 Å². The highest BCUT2D eigenvalue weighted by molar-refractivity contribution is 5.89. The molecule has 1 aromatic carbocycles. The fourth-order valence-corrected chi connectivity index (χ4v) is 3.14. The van der Waals surface area contributed by atoms with Crippen LogP contribution in [0.5, 0.6) is 0 Å². The maximum atomic E-state index is 12.8. The van der Waals surface area contributed by atoms with Gasteiger partial charge in [-0.25, -0.2) is 0 Å². The Morgan fingerprint density at radius 3 is 2.50 bits per heavy atom. The van der Waals surface area contributed by atoms with E-state index in [-0.39, 0.29) is 30.1 Å². The lowest BCUT2D eigenvalue weighted by Crippen LogP contribution is -2.54. The van der Waals surface area contributed by atoms with Gasteiger partial charge in [-0.15, -0.1) is 12.4 Å². The first-order valence-electron chi connectivity index (χ1n) is 9.44. The largest absolute Gasteiger partial charge is 0.353 e. The molecule has 2 amide bonds. The standard InChI is InChI=1S/C20H31N3O2.ClH/c1-4-10-21-11-12-22-19(24)18-13-16-8-6-7-9-17(16)14-23(18)20(25)15(3)5-2;/h6-9,15,18,21H,4-5,10-14H2,1-3H3,(H,22,24);1H. The minimum Gasteiger partial charge on any atom is -0.353 e. The summed E-state index contributed by atoms with van der Waals surface area (Å²) in [5.41, 5.74) is 2.31. The Bertz CT molecular complexity index is 594. The van der Waals surface area contributed by atoms with Crippen molar-refractivity contribution in [3.8, 4) is 0 Å². The monoisotopic (exact) mass is 381 g/mol. The van der Waals surface area contributed by atoms with Crippen molar-refractivity contribution >= 4 is 24.2 Å². The third-order valence-corrected chi connectivity index (χ3v) is 4.90. The van der Waals surface area contributed by atoms with Crippen LogP contribution < -0.4 is 10.6 Å². The van der Waals surface area contributed by atoms with E-state index in [0.717, 1.165) is 31.5 Å². The van der Waals surface area contributed by atoms with Gasteiger partial charge in [-0.1, -0.05) is 45.0 Å². The molecule has 0 aromatic heterocycles. The predicted molar refractivity (Wildman–Crippen MR) is 107 cm³/mol. The van der Waals surface area contributed by atoms with Gasteiger partial charge in [-0.05, 0) is 30.5 Å². The molecular formula is C20H32ClN3O2. The molecule has 5 nitrogen and oxygen atoms in total. The first kappa shape index (κ1) is 22.5. The number of nitrogens with one attached hydrogen (secondary N) is 2. The van der Waals surface area contributed by atoms with E-state index >= 15 is 0 Å². The molecule has 2 rings (SSSR count). The van der Waals surface area contributed by atoms with E-state index in [4.69, 9.17) is 0 Å². The number of hydrogen-bond donors (Lipinski definition) is 2. The molecule has 146 valence electrons. The molecule has 1 aliphatic heterocycles. The molecule has 0 fully saturated rings. The zero-order valence-electron chi connectivity index (χ0n) is 16.1. The summed E-state index contributed by atoms with van der Waals surface area (Å²) in [6.45, 7) is 8.87. The molecule has 2 atom stereocenters. The van der Waals surface area contributed by atoms with E-state index < -0.39 is 6.04 Å². The highest BCUT2D eigenvalue weighted by Crippen LogP contribution is 2.25. The first-order chi connectivity index (χ1) is 12.1. The fourth-order valence-electron chi connectivity index (χ4n) is 3.14. The van der Waals surface area contributed by atoms with Gasteiger partial charge in [0.05, 0.1) is 0 Å². The van der Waals surface area contributed by atoms with Crippen LogP contribution in [-0.2, 0) is 22.6 Å². The minimum absolute atomic E-state index is 0. The number of amides is 2. The molecule has 0 radical (unpaired) electrons. The Hall–Kier alpha value is -1.59. The second-order valence-corrected chi connectivity index (χ2v) is 6.81. The third-order valence-electron chi connectivity index (χ3n) is 4.90. The van der Waals surface area contributed by atoms with Crippen molar-refractivity contribution in [3.05, 3.63) is 35.4 Å². The van der Waals surface area contributed by atoms with Gasteiger partial charge >= 0.3 is 0 Å². The van der Waals surface area contributed by atoms with Crippen LogP contribution >= 0.6 is 12.4 Å². The summed E-state index contributed by atoms with van der Waals surface area (Å²) in [5, 5.41) is 6.26. The summed E-state index contributed by atoms with van der Waals surface area (Å²) >= 11 is 0. The molecule has 0 aliphatic carbocycles. The molecule has 0 saturated carbocycles. The van der Waals surface area contributed by atoms with E-state index in [2.05, 4.69) is 29.7 Å². The number of fused-ring (bicyclic) bond motifs is 1. The van der Waals surface area contributed by atoms with Crippen molar-refractivity contribution in [3.63, 3.8) is 0 Å². The molecule has 6 heteroatoms. The molecule has 1 heterocycles. The summed E-state index contributed by atoms with van der Waals surface area (Å²) in [5.74, 6) is -0.0440. The van der Waals surface area contributed by atoms with Gasteiger partial charge < -0.3 is 15.5 Å². The van der Waals surface area contributed by atoms with Crippen molar-refractivity contribution in [1.82, 2.24) is 15.5 Å². The lowest BCUT2D eigenvalue weighted by atomic mass is 9.92. The second-order valence-electron chi connectivity index (χ2n) is 6.81. The maximum Gasteiger partial charge on any atom is 0.243 e. The molecule has 0 saturated heterocycles. The van der Waals surface area contributed by atoms with Crippen LogP contribution in [0, 0.1) is 5.92 Å². The van der Waals surface area contributed by atoms with E-state index in [1.54, 1.807) is 4.90 Å². The smallest absolute Gasteiger partial charge is 0.243 e. The average Bonchev–Trinajstić information content (AvgIpc) is 2.65. The Morgan fingerprint density at radius 1 is 1.15 bits per heavy atom. The van der Waals surface area contributed by atoms with E-state index in [1.807, 2.05) is 26.0 Å². The number of benzene rings is 1. The Labute approximate surface area is 163 Å². The van der Waals surface area contributed by atoms with Gasteiger partial charge in [0.1, 0.15) is 6.04 Å². The van der Waals surface area contributed by atoms with Crippen molar-refractivity contribution in [2.45, 2.75) is 52.6 Å². The molecule has 26 heavy (non-hydrogen) atoms. The number of halogens is 1. The molecule has 2 N–H and O–H groups in total. The molecule has 1 aliphatic rings. The highest BCUT2D eigenvalue weighted by Gasteiger charge is 2.35. The third kappa shape index (κ3) is 5.71. The Balaban J connectivity index is 0.00000338. The molecule has 1 aromatic rings. The van der Waals surface area contributed by atoms with Gasteiger partial charge in [0.2, 0.25) is 11.8 Å². The van der Waals surface area contributed by atoms with Gasteiger partial charge in [0.25, 0.3) is 0 Å². The Morgan fingerprint density at radius 2 is 1.85 bits per heavy atom. The summed E-state index contributed by atoms with van der Waals surface area (Å²) < 4.78 is 0. The van der Waals surface area contributed by atoms with Gasteiger partial charge in [0.15, 0.2) is 0 Å². The summed E-state index contributed by atoms with van der Waals surface area (Å²) in [7, 11) is 0. The lowest BCUT2D eigenvalue weighted by Gasteiger charge is -2.37. The zero-order chi connectivity index (χ0) is 18.2. The zero-order valence-corrected chi connectivity index (χ0v) is 16.9. The highest BCUT2D eigenvalue weighted by atomic mass is 35.5. The van der Waals surface area contributed by atoms with Crippen LogP contribution in [0.1, 0.15) is 44.7 Å². The SMILES string of the molecule is CCCNCCNC(=O)C1Cc2ccccc2CN1C(=O)C(C)CC.Cl. The number of rotatable bonds is 8. The van der Waals surface area contributed by atoms with Gasteiger partial charge in [-0.3, -0.25) is 9.59 Å². The average molecular weight is 382 g/mol. The summed E-state index contributed by atoms with van der Waals surface area (Å²) in [4.78, 5) is 27.3. The molecule has 0 spiro atoms. The summed E-state index contributed by atoms with van der Waals surface area (Å²) in [6.07, 6.45) is 2.45. The number of nitrogens with zero attached hydrogens (tertiary/aromatic N) is 1. The minimum atomic E-state index is -0.414. The van der Waals surface area contributed by atoms with Gasteiger partial charge in [-0.2, -0.15) is 0 Å². The maximum absolute atomic E-state index is 12.8. The number of carbonyl (C=O) groups excluding carboxylic acids is 2. The second kappa shape index (κ2) is 11.2. The lowest BCUT2D eigenvalue weighted by molar-refractivity contribution is -0.144. The van der Waals surface area contributed by atoms with Crippen LogP contribution in [0.2, 0.25) is 0 Å². The van der Waals surface area contributed by atoms with Crippen molar-refractivity contribution in [1.29, 1.82) is 0 Å². The number of carbonyl (C=O) groups is 2. The predicted octanol–water partition coefficient (Wildman–Crippen LogP) is 2.52. The fraction of sp³-hybridized carbons (Fsp3) is 0.600. The van der Waals surface area contributed by atoms with E-state index in [1.165, 1.54) is 5.56 Å². The quantitative estimate of drug-likeness (QED) is 0.680. The van der Waals surface area contributed by atoms with Crippen LogP contribution in [0.4, 0.5) is 0 Å². The summed E-state index contributed by atoms with van der Waals surface area (Å²) in [6, 6.07) is 7.68. The van der Waals surface area contributed by atoms with Crippen LogP contribution in [0.15, 0.2) is 24.3 Å².